The number of imide groups is 1. The van der Waals surface area contributed by atoms with E-state index in [4.69, 9.17) is 11.6 Å². The molecule has 7 heteroatoms. The van der Waals surface area contributed by atoms with Gasteiger partial charge in [-0.3, -0.25) is 9.59 Å². The average molecular weight is 379 g/mol. The number of rotatable bonds is 5. The Kier molecular flexibility index (Phi) is 5.30. The van der Waals surface area contributed by atoms with Gasteiger partial charge in [-0.1, -0.05) is 37.1 Å². The van der Waals surface area contributed by atoms with Crippen LogP contribution in [0.2, 0.25) is 5.02 Å². The number of halogens is 2. The molecule has 1 aromatic carbocycles. The van der Waals surface area contributed by atoms with Crippen LogP contribution in [0.5, 0.6) is 0 Å². The molecule has 0 fully saturated rings. The van der Waals surface area contributed by atoms with Crippen molar-refractivity contribution in [3.63, 3.8) is 0 Å². The number of hydrogen-bond donors (Lipinski definition) is 0. The monoisotopic (exact) mass is 378 g/mol. The van der Waals surface area contributed by atoms with Crippen LogP contribution in [0.1, 0.15) is 35.0 Å². The predicted octanol–water partition coefficient (Wildman–Crippen LogP) is 4.54. The number of nitrogens with zero attached hydrogens (tertiary/aromatic N) is 2. The van der Waals surface area contributed by atoms with Crippen LogP contribution in [0.25, 0.3) is 0 Å². The van der Waals surface area contributed by atoms with Gasteiger partial charge in [-0.05, 0) is 36.4 Å². The summed E-state index contributed by atoms with van der Waals surface area (Å²) in [6, 6.07) is 7.81. The van der Waals surface area contributed by atoms with Crippen LogP contribution in [-0.2, 0) is 11.2 Å². The normalized spacial score (nSPS) is 17.1. The van der Waals surface area contributed by atoms with E-state index in [-0.39, 0.29) is 17.0 Å². The number of thiophene rings is 1. The molecular weight excluding hydrogens is 363 g/mol. The van der Waals surface area contributed by atoms with E-state index in [1.54, 1.807) is 23.6 Å². The van der Waals surface area contributed by atoms with E-state index in [9.17, 15) is 14.0 Å². The number of amides is 2. The fourth-order valence-corrected chi connectivity index (χ4v) is 3.69. The van der Waals surface area contributed by atoms with Gasteiger partial charge in [-0.15, -0.1) is 11.3 Å². The minimum Gasteiger partial charge on any atom is -0.272 e. The number of carbonyl (C=O) groups excluding carboxylic acids is 2. The zero-order valence-electron chi connectivity index (χ0n) is 13.5. The third-order valence-electron chi connectivity index (χ3n) is 4.04. The van der Waals surface area contributed by atoms with Crippen molar-refractivity contribution in [3.8, 4) is 0 Å². The summed E-state index contributed by atoms with van der Waals surface area (Å²) in [5.74, 6) is -2.01. The first-order chi connectivity index (χ1) is 12.0. The van der Waals surface area contributed by atoms with Crippen LogP contribution < -0.4 is 0 Å². The van der Waals surface area contributed by atoms with E-state index in [1.165, 1.54) is 23.5 Å². The minimum absolute atomic E-state index is 0.0946. The average Bonchev–Trinajstić information content (AvgIpc) is 3.21. The summed E-state index contributed by atoms with van der Waals surface area (Å²) in [5, 5.41) is 7.19. The molecule has 3 rings (SSSR count). The summed E-state index contributed by atoms with van der Waals surface area (Å²) in [5.41, 5.74) is 0.869. The predicted molar refractivity (Wildman–Crippen MR) is 96.4 cm³/mol. The maximum atomic E-state index is 14.1. The molecule has 1 atom stereocenters. The number of benzene rings is 1. The Hall–Kier alpha value is -2.05. The second kappa shape index (κ2) is 7.45. The smallest absolute Gasteiger partial charge is 0.272 e. The van der Waals surface area contributed by atoms with E-state index in [0.29, 0.717) is 17.0 Å². The van der Waals surface area contributed by atoms with Crippen LogP contribution in [0, 0.1) is 11.7 Å². The number of hydrogen-bond acceptors (Lipinski definition) is 4. The molecule has 1 aliphatic heterocycles. The van der Waals surface area contributed by atoms with Gasteiger partial charge in [0, 0.05) is 10.6 Å². The number of hydrazone groups is 1. The van der Waals surface area contributed by atoms with Crippen molar-refractivity contribution in [2.75, 3.05) is 0 Å². The molecule has 0 N–H and O–H groups in total. The van der Waals surface area contributed by atoms with Crippen molar-refractivity contribution in [2.24, 2.45) is 11.0 Å². The van der Waals surface area contributed by atoms with Crippen molar-refractivity contribution < 1.29 is 14.0 Å². The SMILES string of the molecule is CCCC1=NN(C(=O)c2cccs2)C(=O)C1Cc1c(F)cccc1Cl. The van der Waals surface area contributed by atoms with Crippen molar-refractivity contribution in [1.82, 2.24) is 5.01 Å². The van der Waals surface area contributed by atoms with Crippen LogP contribution in [0.4, 0.5) is 4.39 Å². The Morgan fingerprint density at radius 2 is 2.16 bits per heavy atom. The quantitative estimate of drug-likeness (QED) is 0.717. The second-order valence-corrected chi connectivity index (χ2v) is 7.09. The Morgan fingerprint density at radius 1 is 1.36 bits per heavy atom. The highest BCUT2D eigenvalue weighted by Gasteiger charge is 2.39. The number of carbonyl (C=O) groups is 2. The molecule has 25 heavy (non-hydrogen) atoms. The van der Waals surface area contributed by atoms with Crippen molar-refractivity contribution >= 4 is 40.5 Å². The summed E-state index contributed by atoms with van der Waals surface area (Å²) in [4.78, 5) is 25.7. The lowest BCUT2D eigenvalue weighted by Crippen LogP contribution is -2.33. The van der Waals surface area contributed by atoms with E-state index in [0.717, 1.165) is 11.4 Å². The lowest BCUT2D eigenvalue weighted by atomic mass is 9.92. The maximum absolute atomic E-state index is 14.1. The van der Waals surface area contributed by atoms with Gasteiger partial charge in [0.25, 0.3) is 11.8 Å². The molecule has 0 aliphatic carbocycles. The van der Waals surface area contributed by atoms with Gasteiger partial charge in [0.2, 0.25) is 0 Å². The van der Waals surface area contributed by atoms with E-state index in [2.05, 4.69) is 5.10 Å². The molecule has 130 valence electrons. The highest BCUT2D eigenvalue weighted by atomic mass is 35.5. The first kappa shape index (κ1) is 17.8. The van der Waals surface area contributed by atoms with E-state index < -0.39 is 23.5 Å². The zero-order chi connectivity index (χ0) is 18.0. The summed E-state index contributed by atoms with van der Waals surface area (Å²) in [6.45, 7) is 1.96. The first-order valence-electron chi connectivity index (χ1n) is 7.95. The second-order valence-electron chi connectivity index (χ2n) is 5.73. The molecular formula is C18H16ClFN2O2S. The van der Waals surface area contributed by atoms with E-state index in [1.807, 2.05) is 6.92 Å². The van der Waals surface area contributed by atoms with Gasteiger partial charge in [0.15, 0.2) is 0 Å². The minimum atomic E-state index is -0.668. The molecule has 0 bridgehead atoms. The van der Waals surface area contributed by atoms with Gasteiger partial charge >= 0.3 is 0 Å². The van der Waals surface area contributed by atoms with Gasteiger partial charge in [0.1, 0.15) is 5.82 Å². The van der Waals surface area contributed by atoms with Gasteiger partial charge < -0.3 is 0 Å². The van der Waals surface area contributed by atoms with Crippen LogP contribution in [0.15, 0.2) is 40.8 Å². The van der Waals surface area contributed by atoms with Gasteiger partial charge in [0.05, 0.1) is 16.5 Å². The molecule has 1 aromatic heterocycles. The van der Waals surface area contributed by atoms with Crippen LogP contribution >= 0.6 is 22.9 Å². The standard InChI is InChI=1S/C18H16ClFN2O2S/c1-2-5-15-12(10-11-13(19)6-3-7-14(11)20)17(23)22(21-15)18(24)16-8-4-9-25-16/h3-4,6-9,12H,2,5,10H2,1H3. The molecule has 1 aliphatic rings. The van der Waals surface area contributed by atoms with E-state index >= 15 is 0 Å². The Labute approximate surface area is 153 Å². The molecule has 2 heterocycles. The van der Waals surface area contributed by atoms with Crippen LogP contribution in [0.3, 0.4) is 0 Å². The fourth-order valence-electron chi connectivity index (χ4n) is 2.80. The topological polar surface area (TPSA) is 49.7 Å². The van der Waals surface area contributed by atoms with Crippen molar-refractivity contribution in [1.29, 1.82) is 0 Å². The Morgan fingerprint density at radius 3 is 2.80 bits per heavy atom. The molecule has 2 amide bonds. The molecule has 0 spiro atoms. The summed E-state index contributed by atoms with van der Waals surface area (Å²) >= 11 is 7.34. The summed E-state index contributed by atoms with van der Waals surface area (Å²) < 4.78 is 14.1. The van der Waals surface area contributed by atoms with Gasteiger partial charge in [-0.2, -0.15) is 10.1 Å². The highest BCUT2D eigenvalue weighted by molar-refractivity contribution is 7.12. The molecule has 1 unspecified atom stereocenters. The van der Waals surface area contributed by atoms with Crippen molar-refractivity contribution in [2.45, 2.75) is 26.2 Å². The largest absolute Gasteiger partial charge is 0.291 e. The molecule has 4 nitrogen and oxygen atoms in total. The molecule has 0 saturated carbocycles. The summed E-state index contributed by atoms with van der Waals surface area (Å²) in [7, 11) is 0. The molecule has 2 aromatic rings. The first-order valence-corrected chi connectivity index (χ1v) is 9.20. The highest BCUT2D eigenvalue weighted by Crippen LogP contribution is 2.29. The third-order valence-corrected chi connectivity index (χ3v) is 5.25. The van der Waals surface area contributed by atoms with Gasteiger partial charge in [-0.25, -0.2) is 4.39 Å². The maximum Gasteiger partial charge on any atom is 0.291 e. The lowest BCUT2D eigenvalue weighted by molar-refractivity contribution is -0.129. The molecule has 0 radical (unpaired) electrons. The fraction of sp³-hybridized carbons (Fsp3) is 0.278. The zero-order valence-corrected chi connectivity index (χ0v) is 15.1. The third kappa shape index (κ3) is 3.50. The Balaban J connectivity index is 1.90. The summed E-state index contributed by atoms with van der Waals surface area (Å²) in [6.07, 6.45) is 1.43. The van der Waals surface area contributed by atoms with Crippen molar-refractivity contribution in [3.05, 3.63) is 57.0 Å². The molecule has 0 saturated heterocycles. The lowest BCUT2D eigenvalue weighted by Gasteiger charge is -2.14. The van der Waals surface area contributed by atoms with Crippen LogP contribution in [-0.4, -0.2) is 22.5 Å². The Bertz CT molecular complexity index is 815.